The molecular weight excluding hydrogens is 344 g/mol. The number of nitrogens with one attached hydrogen (secondary N) is 1. The molecule has 1 unspecified atom stereocenters. The summed E-state index contributed by atoms with van der Waals surface area (Å²) in [6.07, 6.45) is 4.53. The third-order valence-corrected chi connectivity index (χ3v) is 4.67. The van der Waals surface area contributed by atoms with Gasteiger partial charge in [0.15, 0.2) is 11.4 Å². The van der Waals surface area contributed by atoms with E-state index in [2.05, 4.69) is 18.6 Å². The van der Waals surface area contributed by atoms with Gasteiger partial charge in [-0.15, -0.1) is 13.2 Å². The molecular formula is C20H24N4O3. The molecule has 0 radical (unpaired) electrons. The normalized spacial score (nSPS) is 17.7. The third kappa shape index (κ3) is 3.67. The zero-order valence-electron chi connectivity index (χ0n) is 15.2. The number of pyridine rings is 1. The summed E-state index contributed by atoms with van der Waals surface area (Å²) in [5.74, 6) is -0.0747. The molecule has 1 amide bonds. The molecule has 3 heterocycles. The van der Waals surface area contributed by atoms with Gasteiger partial charge in [0, 0.05) is 24.5 Å². The number of hydrogen-bond donors (Lipinski definition) is 2. The molecule has 142 valence electrons. The number of ether oxygens (including phenoxy) is 1. The molecule has 0 bridgehead atoms. The second-order valence-electron chi connectivity index (χ2n) is 6.40. The Morgan fingerprint density at radius 3 is 2.63 bits per heavy atom. The number of nitrogens with zero attached hydrogens (tertiary/aromatic N) is 2. The molecule has 0 aliphatic carbocycles. The van der Waals surface area contributed by atoms with E-state index in [0.29, 0.717) is 12.2 Å². The van der Waals surface area contributed by atoms with Gasteiger partial charge < -0.3 is 20.8 Å². The van der Waals surface area contributed by atoms with E-state index < -0.39 is 0 Å². The van der Waals surface area contributed by atoms with Crippen LogP contribution in [0.4, 0.5) is 5.69 Å². The van der Waals surface area contributed by atoms with E-state index in [1.807, 2.05) is 12.1 Å². The Hall–Kier alpha value is -3.22. The Kier molecular flexibility index (Phi) is 5.49. The lowest BCUT2D eigenvalue weighted by Crippen LogP contribution is -2.55. The van der Waals surface area contributed by atoms with Crippen molar-refractivity contribution < 1.29 is 9.53 Å². The molecule has 1 saturated heterocycles. The van der Waals surface area contributed by atoms with E-state index >= 15 is 0 Å². The molecule has 2 aromatic rings. The first-order valence-electron chi connectivity index (χ1n) is 8.94. The van der Waals surface area contributed by atoms with E-state index in [1.54, 1.807) is 27.9 Å². The Bertz CT molecular complexity index is 876. The lowest BCUT2D eigenvalue weighted by atomic mass is 10.1. The van der Waals surface area contributed by atoms with E-state index in [-0.39, 0.29) is 35.6 Å². The molecule has 27 heavy (non-hydrogen) atoms. The van der Waals surface area contributed by atoms with Crippen LogP contribution in [0, 0.1) is 0 Å². The average Bonchev–Trinajstić information content (AvgIpc) is 2.70. The monoisotopic (exact) mass is 368 g/mol. The van der Waals surface area contributed by atoms with Crippen LogP contribution in [0.3, 0.4) is 0 Å². The minimum atomic E-state index is -0.299. The lowest BCUT2D eigenvalue weighted by molar-refractivity contribution is 0.0566. The van der Waals surface area contributed by atoms with E-state index in [4.69, 9.17) is 10.5 Å². The van der Waals surface area contributed by atoms with E-state index in [9.17, 15) is 9.59 Å². The van der Waals surface area contributed by atoms with E-state index in [1.165, 1.54) is 6.07 Å². The Labute approximate surface area is 158 Å². The first-order valence-corrected chi connectivity index (χ1v) is 8.94. The summed E-state index contributed by atoms with van der Waals surface area (Å²) in [4.78, 5) is 27.0. The predicted octanol–water partition coefficient (Wildman–Crippen LogP) is 2.32. The van der Waals surface area contributed by atoms with Crippen LogP contribution in [0.5, 0.6) is 5.75 Å². The number of hydrogen-bond acceptors (Lipinski definition) is 5. The number of piperidine rings is 1. The molecule has 4 rings (SSSR count). The Morgan fingerprint density at radius 2 is 1.89 bits per heavy atom. The maximum atomic E-state index is 12.9. The number of anilines is 1. The zero-order valence-corrected chi connectivity index (χ0v) is 15.2. The van der Waals surface area contributed by atoms with Gasteiger partial charge in [0.25, 0.3) is 5.91 Å². The summed E-state index contributed by atoms with van der Waals surface area (Å²) in [5, 5.41) is 0. The fourth-order valence-electron chi connectivity index (χ4n) is 3.34. The van der Waals surface area contributed by atoms with Gasteiger partial charge in [-0.1, -0.05) is 12.1 Å². The SMILES string of the molecule is C=C.Nc1ccc(COc2c3n(ccc2=O)NC2CCCCN2C3=O)cc1. The molecule has 7 nitrogen and oxygen atoms in total. The third-order valence-electron chi connectivity index (χ3n) is 4.67. The van der Waals surface area contributed by atoms with Crippen molar-refractivity contribution in [1.82, 2.24) is 9.58 Å². The highest BCUT2D eigenvalue weighted by Crippen LogP contribution is 2.26. The number of fused-ring (bicyclic) bond motifs is 2. The fraction of sp³-hybridized carbons (Fsp3) is 0.300. The first-order chi connectivity index (χ1) is 13.1. The molecule has 1 atom stereocenters. The first kappa shape index (κ1) is 18.6. The largest absolute Gasteiger partial charge is 0.482 e. The van der Waals surface area contributed by atoms with Gasteiger partial charge in [-0.25, -0.2) is 0 Å². The van der Waals surface area contributed by atoms with Crippen molar-refractivity contribution in [2.45, 2.75) is 32.0 Å². The van der Waals surface area contributed by atoms with Crippen molar-refractivity contribution in [3.63, 3.8) is 0 Å². The van der Waals surface area contributed by atoms with Crippen LogP contribution in [0.1, 0.15) is 35.3 Å². The second kappa shape index (κ2) is 7.99. The van der Waals surface area contributed by atoms with Gasteiger partial charge in [0.05, 0.1) is 0 Å². The van der Waals surface area contributed by atoms with Crippen molar-refractivity contribution in [2.75, 3.05) is 17.7 Å². The smallest absolute Gasteiger partial charge is 0.278 e. The number of benzene rings is 1. The van der Waals surface area contributed by atoms with Crippen LogP contribution in [-0.2, 0) is 6.61 Å². The van der Waals surface area contributed by atoms with Crippen molar-refractivity contribution in [3.8, 4) is 5.75 Å². The fourth-order valence-corrected chi connectivity index (χ4v) is 3.34. The molecule has 3 N–H and O–H groups in total. The van der Waals surface area contributed by atoms with E-state index in [0.717, 1.165) is 24.8 Å². The summed E-state index contributed by atoms with van der Waals surface area (Å²) in [5.41, 5.74) is 10.5. The topological polar surface area (TPSA) is 89.6 Å². The summed E-state index contributed by atoms with van der Waals surface area (Å²) in [6.45, 7) is 6.89. The van der Waals surface area contributed by atoms with Crippen LogP contribution < -0.4 is 21.3 Å². The minimum Gasteiger partial charge on any atom is -0.482 e. The second-order valence-corrected chi connectivity index (χ2v) is 6.40. The summed E-state index contributed by atoms with van der Waals surface area (Å²) >= 11 is 0. The average molecular weight is 368 g/mol. The number of carbonyl (C=O) groups is 1. The van der Waals surface area contributed by atoms with Gasteiger partial charge in [-0.3, -0.25) is 14.3 Å². The van der Waals surface area contributed by atoms with Crippen molar-refractivity contribution in [1.29, 1.82) is 0 Å². The molecule has 2 aliphatic rings. The van der Waals surface area contributed by atoms with Gasteiger partial charge in [-0.05, 0) is 37.0 Å². The molecule has 1 aromatic carbocycles. The highest BCUT2D eigenvalue weighted by atomic mass is 16.5. The number of carbonyl (C=O) groups excluding carboxylic acids is 1. The van der Waals surface area contributed by atoms with Gasteiger partial charge in [0.2, 0.25) is 5.43 Å². The highest BCUT2D eigenvalue weighted by molar-refractivity contribution is 5.96. The Morgan fingerprint density at radius 1 is 1.15 bits per heavy atom. The maximum absolute atomic E-state index is 12.9. The standard InChI is InChI=1S/C18H20N4O3.C2H4/c19-13-6-4-12(5-7-13)11-25-17-14(23)8-10-22-16(17)18(24)21-9-2-1-3-15(21)20-22;1-2/h4-8,10,15,20H,1-3,9,11,19H2;1-2H2. The number of amides is 1. The Balaban J connectivity index is 0.00000102. The van der Waals surface area contributed by atoms with Crippen LogP contribution in [0.15, 0.2) is 54.5 Å². The molecule has 7 heteroatoms. The van der Waals surface area contributed by atoms with Crippen LogP contribution in [0.25, 0.3) is 0 Å². The summed E-state index contributed by atoms with van der Waals surface area (Å²) < 4.78 is 7.37. The predicted molar refractivity (Wildman–Crippen MR) is 105 cm³/mol. The zero-order chi connectivity index (χ0) is 19.4. The number of nitrogens with two attached hydrogens (primary N) is 1. The van der Waals surface area contributed by atoms with Gasteiger partial charge in [-0.2, -0.15) is 0 Å². The number of aromatic nitrogens is 1. The maximum Gasteiger partial charge on any atom is 0.278 e. The molecule has 1 fully saturated rings. The summed E-state index contributed by atoms with van der Waals surface area (Å²) in [7, 11) is 0. The van der Waals surface area contributed by atoms with Crippen molar-refractivity contribution in [3.05, 3.63) is 71.2 Å². The molecule has 1 aromatic heterocycles. The summed E-state index contributed by atoms with van der Waals surface area (Å²) in [6, 6.07) is 8.64. The highest BCUT2D eigenvalue weighted by Gasteiger charge is 2.36. The lowest BCUT2D eigenvalue weighted by Gasteiger charge is -2.41. The number of nitrogen functional groups attached to an aromatic ring is 1. The van der Waals surface area contributed by atoms with Crippen LogP contribution >= 0.6 is 0 Å². The van der Waals surface area contributed by atoms with Crippen molar-refractivity contribution >= 4 is 11.6 Å². The molecule has 0 spiro atoms. The van der Waals surface area contributed by atoms with Crippen LogP contribution in [-0.4, -0.2) is 28.2 Å². The quantitative estimate of drug-likeness (QED) is 0.641. The number of rotatable bonds is 3. The van der Waals surface area contributed by atoms with Crippen molar-refractivity contribution in [2.24, 2.45) is 0 Å². The van der Waals surface area contributed by atoms with Crippen LogP contribution in [0.2, 0.25) is 0 Å². The minimum absolute atomic E-state index is 0.0267. The molecule has 0 saturated carbocycles. The van der Waals surface area contributed by atoms with Gasteiger partial charge >= 0.3 is 0 Å². The van der Waals surface area contributed by atoms with Gasteiger partial charge in [0.1, 0.15) is 12.8 Å². The molecule has 2 aliphatic heterocycles.